The van der Waals surface area contributed by atoms with E-state index in [0.29, 0.717) is 5.78 Å². The van der Waals surface area contributed by atoms with Gasteiger partial charge in [-0.25, -0.2) is 19.6 Å². The molecule has 212 valence electrons. The van der Waals surface area contributed by atoms with Crippen molar-refractivity contribution in [3.63, 3.8) is 0 Å². The van der Waals surface area contributed by atoms with E-state index in [1.165, 1.54) is 0 Å². The number of ether oxygens (including phenoxy) is 1. The van der Waals surface area contributed by atoms with Crippen molar-refractivity contribution >= 4 is 35.3 Å². The van der Waals surface area contributed by atoms with Crippen LogP contribution in [0.1, 0.15) is 12.1 Å². The number of aryl methyl sites for hydroxylation is 1. The monoisotopic (exact) mass is 582 g/mol. The Morgan fingerprint density at radius 1 is 1.08 bits per heavy atom. The van der Waals surface area contributed by atoms with E-state index in [9.17, 15) is 26.3 Å². The molecule has 39 heavy (non-hydrogen) atoms. The van der Waals surface area contributed by atoms with Gasteiger partial charge in [0.1, 0.15) is 18.2 Å². The summed E-state index contributed by atoms with van der Waals surface area (Å²) in [6.45, 7) is 3.99. The summed E-state index contributed by atoms with van der Waals surface area (Å²) >= 11 is 2.01. The summed E-state index contributed by atoms with van der Waals surface area (Å²) in [7, 11) is 0. The number of hydrogen-bond acceptors (Lipinski definition) is 9. The van der Waals surface area contributed by atoms with Crippen molar-refractivity contribution in [1.29, 1.82) is 0 Å². The zero-order chi connectivity index (χ0) is 29.0. The first-order chi connectivity index (χ1) is 18.1. The minimum atomic E-state index is -5.08. The number of alkyl halides is 6. The maximum absolute atomic E-state index is 10.6. The number of rotatable bonds is 3. The van der Waals surface area contributed by atoms with Crippen molar-refractivity contribution in [1.82, 2.24) is 24.6 Å². The highest BCUT2D eigenvalue weighted by Gasteiger charge is 2.50. The van der Waals surface area contributed by atoms with Gasteiger partial charge in [-0.05, 0) is 13.0 Å². The molecule has 0 bridgehead atoms. The Labute approximate surface area is 219 Å². The van der Waals surface area contributed by atoms with Crippen LogP contribution in [0, 0.1) is 6.92 Å². The second-order valence-electron chi connectivity index (χ2n) is 8.30. The van der Waals surface area contributed by atoms with Crippen LogP contribution in [0.2, 0.25) is 0 Å². The van der Waals surface area contributed by atoms with Crippen LogP contribution in [0.5, 0.6) is 5.88 Å². The lowest BCUT2D eigenvalue weighted by Crippen LogP contribution is -2.59. The Morgan fingerprint density at radius 3 is 2.23 bits per heavy atom. The Kier molecular flexibility index (Phi) is 8.77. The molecule has 5 rings (SSSR count). The molecule has 11 nitrogen and oxygen atoms in total. The molecule has 1 unspecified atom stereocenters. The number of nitrogens with zero attached hydrogens (tertiary/aromatic N) is 6. The van der Waals surface area contributed by atoms with Crippen molar-refractivity contribution < 1.29 is 50.9 Å². The van der Waals surface area contributed by atoms with Crippen LogP contribution in [-0.4, -0.2) is 88.8 Å². The van der Waals surface area contributed by atoms with Gasteiger partial charge in [-0.3, -0.25) is 0 Å². The van der Waals surface area contributed by atoms with E-state index in [1.807, 2.05) is 41.4 Å². The van der Waals surface area contributed by atoms with Gasteiger partial charge in [-0.2, -0.15) is 40.9 Å². The molecule has 0 aromatic carbocycles. The van der Waals surface area contributed by atoms with Crippen molar-refractivity contribution in [3.05, 3.63) is 42.5 Å². The zero-order valence-electron chi connectivity index (χ0n) is 19.8. The molecule has 2 N–H and O–H groups in total. The zero-order valence-corrected chi connectivity index (χ0v) is 20.7. The SMILES string of the molecule is Cc1cc(N2CC3(CC(Oc4ccccn4)CS3)C2)n2ncnc2n1.O=C(O)C(F)(F)F.O=C(O)C(F)(F)F. The van der Waals surface area contributed by atoms with Crippen LogP contribution >= 0.6 is 11.8 Å². The number of halogens is 6. The minimum absolute atomic E-state index is 0.229. The van der Waals surface area contributed by atoms with E-state index in [1.54, 1.807) is 12.5 Å². The molecule has 3 aromatic rings. The maximum Gasteiger partial charge on any atom is 0.490 e. The van der Waals surface area contributed by atoms with Crippen LogP contribution in [0.4, 0.5) is 32.2 Å². The maximum atomic E-state index is 10.6. The number of carboxylic acid groups (broad SMARTS) is 2. The lowest BCUT2D eigenvalue weighted by Gasteiger charge is -2.48. The summed E-state index contributed by atoms with van der Waals surface area (Å²) in [5, 5.41) is 18.6. The van der Waals surface area contributed by atoms with Gasteiger partial charge >= 0.3 is 24.3 Å². The Morgan fingerprint density at radius 2 is 1.69 bits per heavy atom. The van der Waals surface area contributed by atoms with Gasteiger partial charge in [0.25, 0.3) is 5.78 Å². The number of thioether (sulfide) groups is 1. The van der Waals surface area contributed by atoms with Crippen LogP contribution in [0.15, 0.2) is 36.8 Å². The third-order valence-corrected chi connectivity index (χ3v) is 6.80. The largest absolute Gasteiger partial charge is 0.490 e. The quantitative estimate of drug-likeness (QED) is 0.440. The number of carboxylic acids is 2. The fraction of sp³-hybridized carbons (Fsp3) is 0.429. The van der Waals surface area contributed by atoms with E-state index >= 15 is 0 Å². The molecule has 1 spiro atoms. The van der Waals surface area contributed by atoms with Gasteiger partial charge in [0.05, 0.1) is 4.75 Å². The predicted molar refractivity (Wildman–Crippen MR) is 124 cm³/mol. The van der Waals surface area contributed by atoms with E-state index in [0.717, 1.165) is 42.7 Å². The van der Waals surface area contributed by atoms with Crippen LogP contribution < -0.4 is 9.64 Å². The molecular weight excluding hydrogens is 562 g/mol. The molecule has 2 aliphatic rings. The van der Waals surface area contributed by atoms with Crippen LogP contribution in [0.3, 0.4) is 0 Å². The molecule has 2 saturated heterocycles. The second-order valence-corrected chi connectivity index (χ2v) is 9.78. The summed E-state index contributed by atoms with van der Waals surface area (Å²) in [5.74, 6) is -2.06. The lowest BCUT2D eigenvalue weighted by atomic mass is 9.93. The molecule has 0 saturated carbocycles. The molecular formula is C21H20F6N6O5S. The van der Waals surface area contributed by atoms with Gasteiger partial charge in [0.15, 0.2) is 0 Å². The molecule has 18 heteroatoms. The number of aliphatic carboxylic acids is 2. The Balaban J connectivity index is 0.000000251. The van der Waals surface area contributed by atoms with Gasteiger partial charge < -0.3 is 19.8 Å². The predicted octanol–water partition coefficient (Wildman–Crippen LogP) is 3.24. The summed E-state index contributed by atoms with van der Waals surface area (Å²) in [6.07, 6.45) is -5.56. The van der Waals surface area contributed by atoms with Crippen molar-refractivity contribution in [2.24, 2.45) is 0 Å². The smallest absolute Gasteiger partial charge is 0.475 e. The first-order valence-electron chi connectivity index (χ1n) is 10.8. The first kappa shape index (κ1) is 29.7. The fourth-order valence-electron chi connectivity index (χ4n) is 3.63. The van der Waals surface area contributed by atoms with E-state index in [2.05, 4.69) is 31.0 Å². The third kappa shape index (κ3) is 7.84. The number of anilines is 1. The topological polar surface area (TPSA) is 143 Å². The van der Waals surface area contributed by atoms with Gasteiger partial charge in [-0.1, -0.05) is 6.07 Å². The van der Waals surface area contributed by atoms with Gasteiger partial charge in [-0.15, -0.1) is 11.8 Å². The fourth-order valence-corrected chi connectivity index (χ4v) is 5.16. The Hall–Kier alpha value is -3.83. The molecule has 0 aliphatic carbocycles. The third-order valence-electron chi connectivity index (χ3n) is 5.23. The van der Waals surface area contributed by atoms with Gasteiger partial charge in [0, 0.05) is 49.3 Å². The highest BCUT2D eigenvalue weighted by Crippen LogP contribution is 2.47. The summed E-state index contributed by atoms with van der Waals surface area (Å²) < 4.78 is 71.6. The number of carbonyl (C=O) groups is 2. The number of fused-ring (bicyclic) bond motifs is 1. The molecule has 3 aromatic heterocycles. The highest BCUT2D eigenvalue weighted by molar-refractivity contribution is 8.01. The van der Waals surface area contributed by atoms with E-state index in [4.69, 9.17) is 24.5 Å². The molecule has 1 atom stereocenters. The summed E-state index contributed by atoms with van der Waals surface area (Å²) in [5.41, 5.74) is 0.965. The summed E-state index contributed by atoms with van der Waals surface area (Å²) in [4.78, 5) is 33.0. The minimum Gasteiger partial charge on any atom is -0.475 e. The molecule has 0 radical (unpaired) electrons. The van der Waals surface area contributed by atoms with Crippen molar-refractivity contribution in [2.75, 3.05) is 23.7 Å². The number of aromatic nitrogens is 5. The molecule has 0 amide bonds. The van der Waals surface area contributed by atoms with Crippen LogP contribution in [-0.2, 0) is 9.59 Å². The average molecular weight is 582 g/mol. The lowest BCUT2D eigenvalue weighted by molar-refractivity contribution is -0.193. The average Bonchev–Trinajstić information content (AvgIpc) is 3.45. The normalized spacial score (nSPS) is 17.9. The van der Waals surface area contributed by atoms with E-state index < -0.39 is 24.3 Å². The highest BCUT2D eigenvalue weighted by atomic mass is 32.2. The van der Waals surface area contributed by atoms with Gasteiger partial charge in [0.2, 0.25) is 5.88 Å². The van der Waals surface area contributed by atoms with E-state index in [-0.39, 0.29) is 10.9 Å². The second kappa shape index (κ2) is 11.5. The molecule has 2 aliphatic heterocycles. The number of hydrogen-bond donors (Lipinski definition) is 2. The van der Waals surface area contributed by atoms with Crippen LogP contribution in [0.25, 0.3) is 5.78 Å². The Bertz CT molecular complexity index is 1280. The van der Waals surface area contributed by atoms with Crippen molar-refractivity contribution in [2.45, 2.75) is 36.5 Å². The number of pyridine rings is 1. The molecule has 2 fully saturated rings. The summed E-state index contributed by atoms with van der Waals surface area (Å²) in [6, 6.07) is 7.86. The van der Waals surface area contributed by atoms with Crippen molar-refractivity contribution in [3.8, 4) is 5.88 Å². The standard InChI is InChI=1S/C17H18N6OS.2C2HF3O2/c1-12-6-15(23-16(21-12)19-11-20-23)22-9-17(10-22)7-13(8-25-17)24-14-4-2-3-5-18-14;2*3-2(4,5)1(6)7/h2-6,11,13H,7-10H2,1H3;2*(H,6,7). The molecule has 5 heterocycles. The first-order valence-corrected chi connectivity index (χ1v) is 11.8.